The highest BCUT2D eigenvalue weighted by Gasteiger charge is 2.30. The van der Waals surface area contributed by atoms with Gasteiger partial charge in [-0.15, -0.1) is 0 Å². The van der Waals surface area contributed by atoms with Crippen LogP contribution in [-0.2, 0) is 9.59 Å². The normalized spacial score (nSPS) is 21.4. The van der Waals surface area contributed by atoms with Gasteiger partial charge in [-0.3, -0.25) is 19.4 Å². The molecule has 1 saturated carbocycles. The lowest BCUT2D eigenvalue weighted by Crippen LogP contribution is -2.55. The van der Waals surface area contributed by atoms with Crippen molar-refractivity contribution in [3.63, 3.8) is 0 Å². The van der Waals surface area contributed by atoms with Crippen molar-refractivity contribution in [2.45, 2.75) is 77.9 Å². The number of nitrogens with zero attached hydrogens (tertiary/aromatic N) is 2. The zero-order chi connectivity index (χ0) is 19.1. The Kier molecular flexibility index (Phi) is 8.35. The van der Waals surface area contributed by atoms with Gasteiger partial charge in [0.1, 0.15) is 0 Å². The molecule has 0 aromatic heterocycles. The Labute approximate surface area is 159 Å². The topological polar surface area (TPSA) is 64.7 Å². The van der Waals surface area contributed by atoms with Crippen LogP contribution in [0.2, 0.25) is 0 Å². The zero-order valence-corrected chi connectivity index (χ0v) is 17.1. The van der Waals surface area contributed by atoms with Gasteiger partial charge in [-0.25, -0.2) is 0 Å². The van der Waals surface area contributed by atoms with E-state index in [1.807, 2.05) is 6.92 Å². The summed E-state index contributed by atoms with van der Waals surface area (Å²) in [6.07, 6.45) is 5.67. The predicted octanol–water partition coefficient (Wildman–Crippen LogP) is 1.60. The first-order valence-electron chi connectivity index (χ1n) is 10.4. The third-order valence-corrected chi connectivity index (χ3v) is 5.45. The van der Waals surface area contributed by atoms with E-state index in [9.17, 15) is 9.59 Å². The summed E-state index contributed by atoms with van der Waals surface area (Å²) in [6.45, 7) is 12.4. The maximum atomic E-state index is 12.2. The summed E-state index contributed by atoms with van der Waals surface area (Å²) in [4.78, 5) is 28.8. The highest BCUT2D eigenvalue weighted by molar-refractivity contribution is 5.82. The molecule has 2 aliphatic rings. The summed E-state index contributed by atoms with van der Waals surface area (Å²) < 4.78 is 0. The van der Waals surface area contributed by atoms with Crippen molar-refractivity contribution in [1.82, 2.24) is 20.4 Å². The Bertz CT molecular complexity index is 457. The van der Waals surface area contributed by atoms with Crippen LogP contribution in [0.15, 0.2) is 0 Å². The lowest BCUT2D eigenvalue weighted by molar-refractivity contribution is -0.128. The predicted molar refractivity (Wildman–Crippen MR) is 105 cm³/mol. The smallest absolute Gasteiger partial charge is 0.237 e. The molecule has 1 heterocycles. The van der Waals surface area contributed by atoms with E-state index in [2.05, 4.69) is 41.2 Å². The number of hydrogen-bond donors (Lipinski definition) is 2. The maximum Gasteiger partial charge on any atom is 0.237 e. The monoisotopic (exact) mass is 366 g/mol. The van der Waals surface area contributed by atoms with Crippen molar-refractivity contribution in [1.29, 1.82) is 0 Å². The molecule has 26 heavy (non-hydrogen) atoms. The summed E-state index contributed by atoms with van der Waals surface area (Å²) in [5, 5.41) is 6.20. The summed E-state index contributed by atoms with van der Waals surface area (Å²) in [5.41, 5.74) is 0. The minimum Gasteiger partial charge on any atom is -0.353 e. The Morgan fingerprint density at radius 2 is 1.65 bits per heavy atom. The van der Waals surface area contributed by atoms with Crippen molar-refractivity contribution in [3.05, 3.63) is 0 Å². The third kappa shape index (κ3) is 7.62. The molecule has 1 saturated heterocycles. The number of hydrogen-bond acceptors (Lipinski definition) is 4. The Morgan fingerprint density at radius 3 is 2.23 bits per heavy atom. The largest absolute Gasteiger partial charge is 0.353 e. The van der Waals surface area contributed by atoms with E-state index in [4.69, 9.17) is 0 Å². The van der Waals surface area contributed by atoms with Gasteiger partial charge < -0.3 is 10.6 Å². The van der Waals surface area contributed by atoms with E-state index in [-0.39, 0.29) is 23.9 Å². The number of carbonyl (C=O) groups excluding carboxylic acids is 2. The second-order valence-electron chi connectivity index (χ2n) is 8.56. The van der Waals surface area contributed by atoms with Crippen LogP contribution < -0.4 is 10.6 Å². The van der Waals surface area contributed by atoms with Gasteiger partial charge in [0.2, 0.25) is 11.8 Å². The van der Waals surface area contributed by atoms with E-state index >= 15 is 0 Å². The van der Waals surface area contributed by atoms with Crippen molar-refractivity contribution < 1.29 is 9.59 Å². The van der Waals surface area contributed by atoms with Crippen molar-refractivity contribution in [3.8, 4) is 0 Å². The van der Waals surface area contributed by atoms with Crippen LogP contribution in [0.1, 0.15) is 59.8 Å². The first-order valence-corrected chi connectivity index (χ1v) is 10.4. The van der Waals surface area contributed by atoms with Crippen LogP contribution in [0.5, 0.6) is 0 Å². The molecule has 6 heteroatoms. The molecule has 0 bridgehead atoms. The summed E-state index contributed by atoms with van der Waals surface area (Å²) in [6, 6.07) is 0.582. The maximum absolute atomic E-state index is 12.2. The van der Waals surface area contributed by atoms with Gasteiger partial charge in [0.05, 0.1) is 12.6 Å². The van der Waals surface area contributed by atoms with Gasteiger partial charge in [0, 0.05) is 38.3 Å². The summed E-state index contributed by atoms with van der Waals surface area (Å²) in [5.74, 6) is 0.992. The first-order chi connectivity index (χ1) is 12.3. The van der Waals surface area contributed by atoms with Gasteiger partial charge in [0.15, 0.2) is 0 Å². The molecule has 0 aromatic carbocycles. The fourth-order valence-electron chi connectivity index (χ4n) is 3.45. The molecule has 150 valence electrons. The number of carbonyl (C=O) groups is 2. The minimum atomic E-state index is -0.0763. The number of amides is 2. The van der Waals surface area contributed by atoms with Gasteiger partial charge in [-0.2, -0.15) is 0 Å². The lowest BCUT2D eigenvalue weighted by Gasteiger charge is -2.37. The fraction of sp³-hybridized carbons (Fsp3) is 0.900. The van der Waals surface area contributed by atoms with Crippen LogP contribution in [0, 0.1) is 5.92 Å². The molecule has 2 amide bonds. The molecular weight excluding hydrogens is 328 g/mol. The van der Waals surface area contributed by atoms with Crippen molar-refractivity contribution in [2.24, 2.45) is 5.92 Å². The molecule has 0 radical (unpaired) electrons. The molecule has 0 spiro atoms. The van der Waals surface area contributed by atoms with Crippen molar-refractivity contribution >= 4 is 11.8 Å². The van der Waals surface area contributed by atoms with Crippen LogP contribution in [0.3, 0.4) is 0 Å². The highest BCUT2D eigenvalue weighted by atomic mass is 16.2. The van der Waals surface area contributed by atoms with E-state index < -0.39 is 0 Å². The molecule has 2 rings (SSSR count). The Morgan fingerprint density at radius 1 is 1.00 bits per heavy atom. The second-order valence-corrected chi connectivity index (χ2v) is 8.56. The Hall–Kier alpha value is -1.14. The molecule has 1 aliphatic heterocycles. The van der Waals surface area contributed by atoms with Crippen LogP contribution in [0.4, 0.5) is 0 Å². The molecule has 6 nitrogen and oxygen atoms in total. The molecular formula is C20H38N4O2. The van der Waals surface area contributed by atoms with E-state index in [1.54, 1.807) is 0 Å². The standard InChI is InChI=1S/C20H38N4O2/c1-15(2)6-5-7-16(3)21-19(25)14-23-10-12-24(13-11-23)17(4)20(26)22-18-8-9-18/h15-18H,5-14H2,1-4H3,(H,21,25)(H,22,26). The minimum absolute atomic E-state index is 0.0763. The molecule has 0 aromatic rings. The second kappa shape index (κ2) is 10.3. The zero-order valence-electron chi connectivity index (χ0n) is 17.1. The van der Waals surface area contributed by atoms with Gasteiger partial charge >= 0.3 is 0 Å². The first kappa shape index (κ1) is 21.2. The summed E-state index contributed by atoms with van der Waals surface area (Å²) >= 11 is 0. The Balaban J connectivity index is 1.61. The number of rotatable bonds is 10. The fourth-order valence-corrected chi connectivity index (χ4v) is 3.45. The van der Waals surface area contributed by atoms with Gasteiger partial charge in [0.25, 0.3) is 0 Å². The van der Waals surface area contributed by atoms with Crippen LogP contribution >= 0.6 is 0 Å². The van der Waals surface area contributed by atoms with E-state index in [1.165, 1.54) is 12.8 Å². The van der Waals surface area contributed by atoms with E-state index in [0.29, 0.717) is 12.6 Å². The number of nitrogens with one attached hydrogen (secondary N) is 2. The van der Waals surface area contributed by atoms with E-state index in [0.717, 1.165) is 51.4 Å². The third-order valence-electron chi connectivity index (χ3n) is 5.45. The molecule has 2 atom stereocenters. The average Bonchev–Trinajstić information content (AvgIpc) is 3.38. The molecule has 2 N–H and O–H groups in total. The van der Waals surface area contributed by atoms with Crippen LogP contribution in [-0.4, -0.2) is 72.5 Å². The average molecular weight is 367 g/mol. The molecule has 2 unspecified atom stereocenters. The van der Waals surface area contributed by atoms with Crippen molar-refractivity contribution in [2.75, 3.05) is 32.7 Å². The lowest BCUT2D eigenvalue weighted by atomic mass is 10.0. The van der Waals surface area contributed by atoms with Gasteiger partial charge in [-0.05, 0) is 39.0 Å². The number of piperazine rings is 1. The molecule has 1 aliphatic carbocycles. The molecule has 2 fully saturated rings. The highest BCUT2D eigenvalue weighted by Crippen LogP contribution is 2.19. The quantitative estimate of drug-likeness (QED) is 0.616. The summed E-state index contributed by atoms with van der Waals surface area (Å²) in [7, 11) is 0. The SMILES string of the molecule is CC(C)CCCC(C)NC(=O)CN1CCN(C(C)C(=O)NC2CC2)CC1. The van der Waals surface area contributed by atoms with Crippen LogP contribution in [0.25, 0.3) is 0 Å². The van der Waals surface area contributed by atoms with Gasteiger partial charge in [-0.1, -0.05) is 26.7 Å².